The van der Waals surface area contributed by atoms with Crippen LogP contribution in [0.1, 0.15) is 23.9 Å². The number of rotatable bonds is 3. The molecule has 1 unspecified atom stereocenters. The molecule has 18 heavy (non-hydrogen) atoms. The molecule has 4 nitrogen and oxygen atoms in total. The average molecular weight is 247 g/mol. The predicted octanol–water partition coefficient (Wildman–Crippen LogP) is 2.16. The van der Waals surface area contributed by atoms with Crippen molar-refractivity contribution in [2.75, 3.05) is 6.61 Å². The highest BCUT2D eigenvalue weighted by atomic mass is 19.1. The first-order chi connectivity index (χ1) is 8.83. The summed E-state index contributed by atoms with van der Waals surface area (Å²) in [5, 5.41) is 3.37. The van der Waals surface area contributed by atoms with Gasteiger partial charge in [0, 0.05) is 30.4 Å². The van der Waals surface area contributed by atoms with E-state index in [4.69, 9.17) is 4.74 Å². The monoisotopic (exact) mass is 247 g/mol. The highest BCUT2D eigenvalue weighted by Gasteiger charge is 2.21. The van der Waals surface area contributed by atoms with Gasteiger partial charge in [0.05, 0.1) is 13.2 Å². The van der Waals surface area contributed by atoms with E-state index in [1.165, 1.54) is 12.1 Å². The van der Waals surface area contributed by atoms with Crippen LogP contribution in [0.2, 0.25) is 0 Å². The molecule has 0 amide bonds. The number of hydrogen-bond donors (Lipinski definition) is 2. The van der Waals surface area contributed by atoms with Crippen LogP contribution in [0.4, 0.5) is 4.39 Å². The van der Waals surface area contributed by atoms with E-state index in [1.54, 1.807) is 18.5 Å². The van der Waals surface area contributed by atoms with Gasteiger partial charge >= 0.3 is 0 Å². The Kier molecular flexibility index (Phi) is 2.98. The van der Waals surface area contributed by atoms with E-state index in [0.717, 1.165) is 23.6 Å². The van der Waals surface area contributed by atoms with Crippen LogP contribution in [0.3, 0.4) is 0 Å². The minimum absolute atomic E-state index is 0.106. The van der Waals surface area contributed by atoms with Gasteiger partial charge in [0.25, 0.3) is 0 Å². The maximum Gasteiger partial charge on any atom is 0.124 e. The fourth-order valence-electron chi connectivity index (χ4n) is 2.19. The van der Waals surface area contributed by atoms with Crippen molar-refractivity contribution in [1.29, 1.82) is 0 Å². The van der Waals surface area contributed by atoms with E-state index in [-0.39, 0.29) is 11.9 Å². The minimum atomic E-state index is -0.232. The Morgan fingerprint density at radius 1 is 1.50 bits per heavy atom. The summed E-state index contributed by atoms with van der Waals surface area (Å²) in [5.41, 5.74) is 0.882. The number of nitrogens with one attached hydrogen (secondary N) is 2. The lowest BCUT2D eigenvalue weighted by Gasteiger charge is -2.26. The molecule has 1 aromatic carbocycles. The van der Waals surface area contributed by atoms with Crippen LogP contribution in [-0.2, 0) is 6.54 Å². The summed E-state index contributed by atoms with van der Waals surface area (Å²) < 4.78 is 18.8. The fourth-order valence-corrected chi connectivity index (χ4v) is 2.19. The molecule has 0 fully saturated rings. The number of H-pyrrole nitrogens is 1. The highest BCUT2D eigenvalue weighted by molar-refractivity contribution is 5.37. The lowest BCUT2D eigenvalue weighted by atomic mass is 10.0. The van der Waals surface area contributed by atoms with Gasteiger partial charge in [0.2, 0.25) is 0 Å². The van der Waals surface area contributed by atoms with Gasteiger partial charge in [-0.2, -0.15) is 0 Å². The number of aromatic amines is 1. The van der Waals surface area contributed by atoms with Crippen LogP contribution in [0.25, 0.3) is 0 Å². The number of halogens is 1. The third-order valence-electron chi connectivity index (χ3n) is 3.08. The van der Waals surface area contributed by atoms with Gasteiger partial charge in [-0.25, -0.2) is 9.37 Å². The van der Waals surface area contributed by atoms with E-state index in [9.17, 15) is 4.39 Å². The minimum Gasteiger partial charge on any atom is -0.493 e. The first-order valence-electron chi connectivity index (χ1n) is 5.97. The molecule has 1 atom stereocenters. The van der Waals surface area contributed by atoms with Crippen molar-refractivity contribution in [3.8, 4) is 5.75 Å². The van der Waals surface area contributed by atoms with Crippen molar-refractivity contribution in [2.45, 2.75) is 19.0 Å². The number of aromatic nitrogens is 2. The van der Waals surface area contributed by atoms with Crippen molar-refractivity contribution in [2.24, 2.45) is 0 Å². The molecule has 2 heterocycles. The Balaban J connectivity index is 1.76. The third kappa shape index (κ3) is 2.22. The van der Waals surface area contributed by atoms with E-state index in [0.29, 0.717) is 13.2 Å². The molecule has 0 saturated heterocycles. The topological polar surface area (TPSA) is 49.9 Å². The molecule has 3 rings (SSSR count). The summed E-state index contributed by atoms with van der Waals surface area (Å²) in [5.74, 6) is 1.41. The molecule has 0 saturated carbocycles. The summed E-state index contributed by atoms with van der Waals surface area (Å²) in [6, 6.07) is 4.75. The molecule has 94 valence electrons. The molecule has 0 bridgehead atoms. The molecule has 2 N–H and O–H groups in total. The number of fused-ring (bicyclic) bond motifs is 1. The van der Waals surface area contributed by atoms with Gasteiger partial charge in [0.1, 0.15) is 17.4 Å². The first-order valence-corrected chi connectivity index (χ1v) is 5.97. The summed E-state index contributed by atoms with van der Waals surface area (Å²) in [6.45, 7) is 1.28. The Morgan fingerprint density at radius 3 is 3.28 bits per heavy atom. The van der Waals surface area contributed by atoms with Crippen LogP contribution in [-0.4, -0.2) is 16.6 Å². The van der Waals surface area contributed by atoms with Gasteiger partial charge in [-0.15, -0.1) is 0 Å². The molecule has 0 spiro atoms. The van der Waals surface area contributed by atoms with E-state index in [2.05, 4.69) is 15.3 Å². The second-order valence-corrected chi connectivity index (χ2v) is 4.29. The summed E-state index contributed by atoms with van der Waals surface area (Å²) >= 11 is 0. The zero-order valence-electron chi connectivity index (χ0n) is 9.82. The maximum absolute atomic E-state index is 13.3. The lowest BCUT2D eigenvalue weighted by molar-refractivity contribution is 0.251. The van der Waals surface area contributed by atoms with Crippen LogP contribution in [0, 0.1) is 5.82 Å². The number of imidazole rings is 1. The van der Waals surface area contributed by atoms with E-state index in [1.807, 2.05) is 0 Å². The van der Waals surface area contributed by atoms with E-state index < -0.39 is 0 Å². The Morgan fingerprint density at radius 2 is 2.44 bits per heavy atom. The third-order valence-corrected chi connectivity index (χ3v) is 3.08. The second-order valence-electron chi connectivity index (χ2n) is 4.29. The van der Waals surface area contributed by atoms with Gasteiger partial charge in [-0.3, -0.25) is 0 Å². The molecule has 0 radical (unpaired) electrons. The Hall–Kier alpha value is -1.88. The summed E-state index contributed by atoms with van der Waals surface area (Å²) in [7, 11) is 0. The van der Waals surface area contributed by atoms with Crippen molar-refractivity contribution in [3.63, 3.8) is 0 Å². The molecule has 2 aromatic rings. The molecular weight excluding hydrogens is 233 g/mol. The number of nitrogens with zero attached hydrogens (tertiary/aromatic N) is 1. The maximum atomic E-state index is 13.3. The van der Waals surface area contributed by atoms with Gasteiger partial charge in [-0.05, 0) is 18.2 Å². The van der Waals surface area contributed by atoms with Crippen molar-refractivity contribution < 1.29 is 9.13 Å². The molecule has 0 aliphatic carbocycles. The number of ether oxygens (including phenoxy) is 1. The van der Waals surface area contributed by atoms with Crippen LogP contribution in [0.5, 0.6) is 5.75 Å². The summed E-state index contributed by atoms with van der Waals surface area (Å²) in [6.07, 6.45) is 4.33. The molecule has 5 heteroatoms. The molecule has 1 aliphatic heterocycles. The fraction of sp³-hybridized carbons (Fsp3) is 0.308. The average Bonchev–Trinajstić information content (AvgIpc) is 2.89. The largest absolute Gasteiger partial charge is 0.493 e. The van der Waals surface area contributed by atoms with Crippen LogP contribution < -0.4 is 10.1 Å². The van der Waals surface area contributed by atoms with Crippen molar-refractivity contribution in [1.82, 2.24) is 15.3 Å². The molecule has 1 aromatic heterocycles. The second kappa shape index (κ2) is 4.78. The van der Waals surface area contributed by atoms with Crippen molar-refractivity contribution in [3.05, 3.63) is 47.8 Å². The number of hydrogen-bond acceptors (Lipinski definition) is 3. The number of benzene rings is 1. The predicted molar refractivity (Wildman–Crippen MR) is 64.7 cm³/mol. The van der Waals surface area contributed by atoms with Gasteiger partial charge < -0.3 is 15.0 Å². The van der Waals surface area contributed by atoms with Gasteiger partial charge in [0.15, 0.2) is 0 Å². The van der Waals surface area contributed by atoms with Gasteiger partial charge in [-0.1, -0.05) is 0 Å². The quantitative estimate of drug-likeness (QED) is 0.873. The highest BCUT2D eigenvalue weighted by Crippen LogP contribution is 2.32. The van der Waals surface area contributed by atoms with Crippen molar-refractivity contribution >= 4 is 0 Å². The lowest BCUT2D eigenvalue weighted by Crippen LogP contribution is -2.27. The Labute approximate surface area is 104 Å². The normalized spacial score (nSPS) is 18.2. The Bertz CT molecular complexity index is 527. The summed E-state index contributed by atoms with van der Waals surface area (Å²) in [4.78, 5) is 7.18. The van der Waals surface area contributed by atoms with Crippen LogP contribution in [0.15, 0.2) is 30.6 Å². The standard InChI is InChI=1S/C13H14FN3O/c14-9-1-2-12-10(7-9)11(3-6-18-12)17-8-13-15-4-5-16-13/h1-2,4-5,7,11,17H,3,6,8H2,(H,15,16). The molecular formula is C13H14FN3O. The van der Waals surface area contributed by atoms with E-state index >= 15 is 0 Å². The van der Waals surface area contributed by atoms with Crippen LogP contribution >= 0.6 is 0 Å². The smallest absolute Gasteiger partial charge is 0.124 e. The molecule has 1 aliphatic rings. The first kappa shape index (κ1) is 11.2. The zero-order valence-corrected chi connectivity index (χ0v) is 9.82. The zero-order chi connectivity index (χ0) is 12.4. The SMILES string of the molecule is Fc1ccc2c(c1)C(NCc1ncc[nH]1)CCO2.